The van der Waals surface area contributed by atoms with Crippen molar-refractivity contribution >= 4 is 12.0 Å². The van der Waals surface area contributed by atoms with Gasteiger partial charge in [-0.15, -0.1) is 0 Å². The summed E-state index contributed by atoms with van der Waals surface area (Å²) in [7, 11) is 0. The molecule has 1 aromatic heterocycles. The fourth-order valence-corrected chi connectivity index (χ4v) is 2.47. The smallest absolute Gasteiger partial charge is 0.410 e. The third-order valence-corrected chi connectivity index (χ3v) is 3.63. The Morgan fingerprint density at radius 3 is 2.57 bits per heavy atom. The van der Waals surface area contributed by atoms with Gasteiger partial charge in [-0.3, -0.25) is 4.79 Å². The minimum atomic E-state index is -0.499. The lowest BCUT2D eigenvalue weighted by molar-refractivity contribution is -0.126. The van der Waals surface area contributed by atoms with Crippen LogP contribution < -0.4 is 5.32 Å². The highest BCUT2D eigenvalue weighted by molar-refractivity contribution is 5.79. The standard InChI is InChI=1S/C16H25N3O4/c1-11-9-13(23-18-11)10-17-14(20)12-5-7-19(8-6-12)15(21)22-16(2,3)4/h9,12H,5-8,10H2,1-4H3,(H,17,20). The SMILES string of the molecule is Cc1cc(CNC(=O)C2CCN(C(=O)OC(C)(C)C)CC2)on1. The Labute approximate surface area is 136 Å². The summed E-state index contributed by atoms with van der Waals surface area (Å²) in [6.45, 7) is 8.78. The molecule has 2 heterocycles. The Hall–Kier alpha value is -2.05. The molecule has 1 saturated heterocycles. The Morgan fingerprint density at radius 2 is 2.04 bits per heavy atom. The van der Waals surface area contributed by atoms with Crippen LogP contribution in [0.15, 0.2) is 10.6 Å². The first-order chi connectivity index (χ1) is 10.7. The molecule has 2 amide bonds. The van der Waals surface area contributed by atoms with E-state index in [1.165, 1.54) is 0 Å². The molecule has 0 saturated carbocycles. The van der Waals surface area contributed by atoms with E-state index in [0.29, 0.717) is 38.2 Å². The molecule has 7 nitrogen and oxygen atoms in total. The number of likely N-dealkylation sites (tertiary alicyclic amines) is 1. The van der Waals surface area contributed by atoms with E-state index in [0.717, 1.165) is 5.69 Å². The maximum atomic E-state index is 12.2. The summed E-state index contributed by atoms with van der Waals surface area (Å²) in [5, 5.41) is 6.64. The highest BCUT2D eigenvalue weighted by Gasteiger charge is 2.29. The van der Waals surface area contributed by atoms with Gasteiger partial charge in [0.25, 0.3) is 0 Å². The molecular weight excluding hydrogens is 298 g/mol. The van der Waals surface area contributed by atoms with Gasteiger partial charge in [-0.05, 0) is 40.5 Å². The van der Waals surface area contributed by atoms with Crippen molar-refractivity contribution in [1.82, 2.24) is 15.4 Å². The molecular formula is C16H25N3O4. The first-order valence-electron chi connectivity index (χ1n) is 7.92. The van der Waals surface area contributed by atoms with Crippen molar-refractivity contribution in [3.63, 3.8) is 0 Å². The van der Waals surface area contributed by atoms with Gasteiger partial charge < -0.3 is 19.5 Å². The number of ether oxygens (including phenoxy) is 1. The lowest BCUT2D eigenvalue weighted by Gasteiger charge is -2.32. The van der Waals surface area contributed by atoms with Crippen molar-refractivity contribution in [2.75, 3.05) is 13.1 Å². The number of hydrogen-bond donors (Lipinski definition) is 1. The lowest BCUT2D eigenvalue weighted by Crippen LogP contribution is -2.44. The Balaban J connectivity index is 1.75. The molecule has 1 aromatic rings. The van der Waals surface area contributed by atoms with Crippen molar-refractivity contribution in [3.05, 3.63) is 17.5 Å². The van der Waals surface area contributed by atoms with E-state index in [2.05, 4.69) is 10.5 Å². The summed E-state index contributed by atoms with van der Waals surface area (Å²) in [6.07, 6.45) is 0.967. The number of piperidine rings is 1. The summed E-state index contributed by atoms with van der Waals surface area (Å²) in [5.41, 5.74) is 0.292. The molecule has 1 N–H and O–H groups in total. The molecule has 2 rings (SSSR count). The van der Waals surface area contributed by atoms with E-state index < -0.39 is 5.60 Å². The normalized spacial score (nSPS) is 16.3. The monoisotopic (exact) mass is 323 g/mol. The fraction of sp³-hybridized carbons (Fsp3) is 0.688. The number of hydrogen-bond acceptors (Lipinski definition) is 5. The van der Waals surface area contributed by atoms with E-state index in [4.69, 9.17) is 9.26 Å². The van der Waals surface area contributed by atoms with Crippen molar-refractivity contribution < 1.29 is 18.8 Å². The number of carbonyl (C=O) groups is 2. The third kappa shape index (κ3) is 5.26. The van der Waals surface area contributed by atoms with Crippen LogP contribution in [-0.2, 0) is 16.1 Å². The molecule has 128 valence electrons. The number of nitrogens with one attached hydrogen (secondary N) is 1. The second-order valence-electron chi connectivity index (χ2n) is 6.89. The van der Waals surface area contributed by atoms with Crippen LogP contribution in [0.4, 0.5) is 4.79 Å². The van der Waals surface area contributed by atoms with Gasteiger partial charge in [-0.2, -0.15) is 0 Å². The molecule has 0 aromatic carbocycles. The maximum Gasteiger partial charge on any atom is 0.410 e. The molecule has 1 fully saturated rings. The van der Waals surface area contributed by atoms with E-state index in [-0.39, 0.29) is 17.9 Å². The van der Waals surface area contributed by atoms with Crippen LogP contribution in [0, 0.1) is 12.8 Å². The van der Waals surface area contributed by atoms with Crippen LogP contribution in [0.3, 0.4) is 0 Å². The molecule has 7 heteroatoms. The van der Waals surface area contributed by atoms with Gasteiger partial charge in [0.05, 0.1) is 12.2 Å². The fourth-order valence-electron chi connectivity index (χ4n) is 2.47. The van der Waals surface area contributed by atoms with Gasteiger partial charge in [0.1, 0.15) is 5.60 Å². The number of aromatic nitrogens is 1. The molecule has 1 aliphatic heterocycles. The Morgan fingerprint density at radius 1 is 1.39 bits per heavy atom. The zero-order valence-corrected chi connectivity index (χ0v) is 14.2. The molecule has 23 heavy (non-hydrogen) atoms. The van der Waals surface area contributed by atoms with Gasteiger partial charge in [0.15, 0.2) is 5.76 Å². The number of amides is 2. The van der Waals surface area contributed by atoms with Crippen LogP contribution >= 0.6 is 0 Å². The summed E-state index contributed by atoms with van der Waals surface area (Å²) < 4.78 is 10.4. The largest absolute Gasteiger partial charge is 0.444 e. The van der Waals surface area contributed by atoms with Gasteiger partial charge >= 0.3 is 6.09 Å². The number of aryl methyl sites for hydroxylation is 1. The van der Waals surface area contributed by atoms with Gasteiger partial charge in [0.2, 0.25) is 5.91 Å². The number of carbonyl (C=O) groups excluding carboxylic acids is 2. The predicted molar refractivity (Wildman–Crippen MR) is 83.6 cm³/mol. The minimum absolute atomic E-state index is 0.0112. The molecule has 0 spiro atoms. The number of nitrogens with zero attached hydrogens (tertiary/aromatic N) is 2. The zero-order valence-electron chi connectivity index (χ0n) is 14.2. The summed E-state index contributed by atoms with van der Waals surface area (Å²) in [6, 6.07) is 1.80. The van der Waals surface area contributed by atoms with Crippen LogP contribution in [0.1, 0.15) is 45.1 Å². The topological polar surface area (TPSA) is 84.7 Å². The molecule has 0 atom stereocenters. The molecule has 1 aliphatic rings. The lowest BCUT2D eigenvalue weighted by atomic mass is 9.96. The van der Waals surface area contributed by atoms with Crippen molar-refractivity contribution in [1.29, 1.82) is 0 Å². The Bertz CT molecular complexity index is 554. The highest BCUT2D eigenvalue weighted by Crippen LogP contribution is 2.20. The van der Waals surface area contributed by atoms with Crippen molar-refractivity contribution in [2.45, 2.75) is 52.7 Å². The quantitative estimate of drug-likeness (QED) is 0.922. The second kappa shape index (κ2) is 7.02. The van der Waals surface area contributed by atoms with Crippen molar-refractivity contribution in [2.24, 2.45) is 5.92 Å². The second-order valence-corrected chi connectivity index (χ2v) is 6.89. The van der Waals surface area contributed by atoms with Crippen molar-refractivity contribution in [3.8, 4) is 0 Å². The van der Waals surface area contributed by atoms with Gasteiger partial charge in [-0.25, -0.2) is 4.79 Å². The van der Waals surface area contributed by atoms with Gasteiger partial charge in [-0.1, -0.05) is 5.16 Å². The average Bonchev–Trinajstić information content (AvgIpc) is 2.89. The zero-order chi connectivity index (χ0) is 17.0. The first kappa shape index (κ1) is 17.3. The van der Waals surface area contributed by atoms with E-state index in [1.54, 1.807) is 11.0 Å². The summed E-state index contributed by atoms with van der Waals surface area (Å²) >= 11 is 0. The van der Waals surface area contributed by atoms with E-state index in [9.17, 15) is 9.59 Å². The molecule has 0 unspecified atom stereocenters. The summed E-state index contributed by atoms with van der Waals surface area (Å²) in [5.74, 6) is 0.544. The highest BCUT2D eigenvalue weighted by atomic mass is 16.6. The number of rotatable bonds is 3. The molecule has 0 bridgehead atoms. The van der Waals surface area contributed by atoms with Crippen LogP contribution in [-0.4, -0.2) is 40.7 Å². The minimum Gasteiger partial charge on any atom is -0.444 e. The van der Waals surface area contributed by atoms with Crippen LogP contribution in [0.5, 0.6) is 0 Å². The van der Waals surface area contributed by atoms with Crippen LogP contribution in [0.2, 0.25) is 0 Å². The summed E-state index contributed by atoms with van der Waals surface area (Å²) in [4.78, 5) is 25.8. The van der Waals surface area contributed by atoms with E-state index >= 15 is 0 Å². The third-order valence-electron chi connectivity index (χ3n) is 3.63. The first-order valence-corrected chi connectivity index (χ1v) is 7.92. The predicted octanol–water partition coefficient (Wildman–Crippen LogP) is 2.25. The van der Waals surface area contributed by atoms with Crippen LogP contribution in [0.25, 0.3) is 0 Å². The average molecular weight is 323 g/mol. The van der Waals surface area contributed by atoms with E-state index in [1.807, 2.05) is 27.7 Å². The Kier molecular flexibility index (Phi) is 5.28. The maximum absolute atomic E-state index is 12.2. The molecule has 0 radical (unpaired) electrons. The molecule has 0 aliphatic carbocycles. The van der Waals surface area contributed by atoms with Gasteiger partial charge in [0, 0.05) is 25.1 Å².